The van der Waals surface area contributed by atoms with Gasteiger partial charge in [0.1, 0.15) is 5.75 Å². The zero-order valence-corrected chi connectivity index (χ0v) is 16.6. The van der Waals surface area contributed by atoms with Crippen LogP contribution < -0.4 is 9.64 Å². The van der Waals surface area contributed by atoms with Crippen LogP contribution >= 0.6 is 0 Å². The van der Waals surface area contributed by atoms with Gasteiger partial charge in [0, 0.05) is 17.8 Å². The number of ether oxygens (including phenoxy) is 1. The Morgan fingerprint density at radius 2 is 1.66 bits per heavy atom. The van der Waals surface area contributed by atoms with Gasteiger partial charge in [0.25, 0.3) is 0 Å². The molecule has 0 saturated heterocycles. The van der Waals surface area contributed by atoms with E-state index in [0.29, 0.717) is 5.56 Å². The molecule has 1 aromatic heterocycles. The van der Waals surface area contributed by atoms with E-state index in [-0.39, 0.29) is 12.3 Å². The number of rotatable bonds is 7. The first-order valence-electron chi connectivity index (χ1n) is 9.66. The molecular formula is C24H23N3O2. The molecule has 0 N–H and O–H groups in total. The summed E-state index contributed by atoms with van der Waals surface area (Å²) in [6.07, 6.45) is 0. The minimum Gasteiger partial charge on any atom is -0.497 e. The summed E-state index contributed by atoms with van der Waals surface area (Å²) in [6.45, 7) is 3.04. The largest absolute Gasteiger partial charge is 0.497 e. The molecule has 29 heavy (non-hydrogen) atoms. The van der Waals surface area contributed by atoms with E-state index >= 15 is 0 Å². The van der Waals surface area contributed by atoms with E-state index in [2.05, 4.69) is 24.0 Å². The summed E-state index contributed by atoms with van der Waals surface area (Å²) < 4.78 is 7.19. The maximum absolute atomic E-state index is 13.0. The van der Waals surface area contributed by atoms with E-state index in [1.165, 1.54) is 0 Å². The van der Waals surface area contributed by atoms with Gasteiger partial charge in [-0.25, -0.2) is 4.98 Å². The Kier molecular flexibility index (Phi) is 5.29. The van der Waals surface area contributed by atoms with Crippen molar-refractivity contribution in [2.24, 2.45) is 0 Å². The Bertz CT molecular complexity index is 1120. The number of imidazole rings is 1. The van der Waals surface area contributed by atoms with E-state index < -0.39 is 0 Å². The number of carbonyl (C=O) groups excluding carboxylic acids is 1. The second-order valence-corrected chi connectivity index (χ2v) is 6.72. The van der Waals surface area contributed by atoms with Gasteiger partial charge in [-0.2, -0.15) is 0 Å². The van der Waals surface area contributed by atoms with Crippen LogP contribution in [0, 0.1) is 0 Å². The molecule has 0 aliphatic carbocycles. The molecule has 0 amide bonds. The van der Waals surface area contributed by atoms with Crippen molar-refractivity contribution in [2.75, 3.05) is 18.6 Å². The van der Waals surface area contributed by atoms with Gasteiger partial charge in [0.05, 0.1) is 24.7 Å². The quantitative estimate of drug-likeness (QED) is 0.416. The molecule has 0 unspecified atom stereocenters. The van der Waals surface area contributed by atoms with Crippen LogP contribution in [-0.2, 0) is 6.54 Å². The number of ketones is 1. The van der Waals surface area contributed by atoms with E-state index in [4.69, 9.17) is 9.72 Å². The summed E-state index contributed by atoms with van der Waals surface area (Å²) in [4.78, 5) is 20.0. The Morgan fingerprint density at radius 3 is 2.34 bits per heavy atom. The Hall–Kier alpha value is -3.60. The number of anilines is 2. The Balaban J connectivity index is 1.76. The van der Waals surface area contributed by atoms with Gasteiger partial charge in [0.15, 0.2) is 5.78 Å². The van der Waals surface area contributed by atoms with E-state index in [1.54, 1.807) is 19.2 Å². The highest BCUT2D eigenvalue weighted by Crippen LogP contribution is 2.29. The third-order valence-corrected chi connectivity index (χ3v) is 4.97. The van der Waals surface area contributed by atoms with Crippen LogP contribution in [0.5, 0.6) is 5.75 Å². The average molecular weight is 385 g/mol. The molecule has 0 fully saturated rings. The molecule has 0 aliphatic heterocycles. The lowest BCUT2D eigenvalue weighted by Crippen LogP contribution is -2.22. The van der Waals surface area contributed by atoms with Gasteiger partial charge in [0.2, 0.25) is 5.95 Å². The van der Waals surface area contributed by atoms with E-state index in [1.807, 2.05) is 59.2 Å². The lowest BCUT2D eigenvalue weighted by atomic mass is 10.1. The second-order valence-electron chi connectivity index (χ2n) is 6.72. The number of carbonyl (C=O) groups is 1. The van der Waals surface area contributed by atoms with Crippen LogP contribution in [0.4, 0.5) is 11.6 Å². The lowest BCUT2D eigenvalue weighted by Gasteiger charge is -2.23. The van der Waals surface area contributed by atoms with Gasteiger partial charge in [-0.3, -0.25) is 4.79 Å². The second kappa shape index (κ2) is 8.19. The lowest BCUT2D eigenvalue weighted by molar-refractivity contribution is 0.0973. The van der Waals surface area contributed by atoms with Crippen LogP contribution in [0.1, 0.15) is 17.3 Å². The van der Waals surface area contributed by atoms with Crippen molar-refractivity contribution in [1.29, 1.82) is 0 Å². The van der Waals surface area contributed by atoms with Crippen LogP contribution in [0.25, 0.3) is 11.0 Å². The zero-order chi connectivity index (χ0) is 20.2. The number of aromatic nitrogens is 2. The van der Waals surface area contributed by atoms with Crippen molar-refractivity contribution in [1.82, 2.24) is 9.55 Å². The fourth-order valence-corrected chi connectivity index (χ4v) is 3.48. The normalized spacial score (nSPS) is 10.8. The van der Waals surface area contributed by atoms with Crippen LogP contribution in [0.3, 0.4) is 0 Å². The molecule has 0 spiro atoms. The topological polar surface area (TPSA) is 47.4 Å². The molecule has 0 bridgehead atoms. The predicted octanol–water partition coefficient (Wildman–Crippen LogP) is 5.09. The summed E-state index contributed by atoms with van der Waals surface area (Å²) in [7, 11) is 1.61. The molecule has 0 aliphatic rings. The van der Waals surface area contributed by atoms with Crippen molar-refractivity contribution in [2.45, 2.75) is 13.5 Å². The monoisotopic (exact) mass is 385 g/mol. The highest BCUT2D eigenvalue weighted by atomic mass is 16.5. The summed E-state index contributed by atoms with van der Waals surface area (Å²) in [5.41, 5.74) is 3.51. The average Bonchev–Trinajstić information content (AvgIpc) is 3.13. The van der Waals surface area contributed by atoms with Crippen molar-refractivity contribution in [3.05, 3.63) is 84.4 Å². The molecule has 5 nitrogen and oxygen atoms in total. The highest BCUT2D eigenvalue weighted by molar-refractivity contribution is 5.97. The van der Waals surface area contributed by atoms with Crippen LogP contribution in [-0.4, -0.2) is 29.0 Å². The maximum Gasteiger partial charge on any atom is 0.211 e. The molecule has 0 saturated carbocycles. The van der Waals surface area contributed by atoms with Crippen molar-refractivity contribution >= 4 is 28.5 Å². The molecule has 3 aromatic carbocycles. The minimum atomic E-state index is 0.0289. The zero-order valence-electron chi connectivity index (χ0n) is 16.6. The maximum atomic E-state index is 13.0. The fourth-order valence-electron chi connectivity index (χ4n) is 3.48. The third kappa shape index (κ3) is 3.72. The predicted molar refractivity (Wildman–Crippen MR) is 116 cm³/mol. The van der Waals surface area contributed by atoms with Gasteiger partial charge >= 0.3 is 0 Å². The number of fused-ring (bicyclic) bond motifs is 1. The molecule has 4 aromatic rings. The number of nitrogens with zero attached hydrogens (tertiary/aromatic N) is 3. The molecule has 146 valence electrons. The Labute approximate surface area is 170 Å². The smallest absolute Gasteiger partial charge is 0.211 e. The number of Topliss-reactive ketones (excluding diaryl/α,β-unsaturated/α-hetero) is 1. The summed E-state index contributed by atoms with van der Waals surface area (Å²) >= 11 is 0. The molecule has 0 atom stereocenters. The van der Waals surface area contributed by atoms with Crippen LogP contribution in [0.15, 0.2) is 78.9 Å². The highest BCUT2D eigenvalue weighted by Gasteiger charge is 2.20. The minimum absolute atomic E-state index is 0.0289. The summed E-state index contributed by atoms with van der Waals surface area (Å²) in [5, 5.41) is 0. The third-order valence-electron chi connectivity index (χ3n) is 4.97. The summed E-state index contributed by atoms with van der Waals surface area (Å²) in [6, 6.07) is 25.3. The van der Waals surface area contributed by atoms with Gasteiger partial charge < -0.3 is 14.2 Å². The Morgan fingerprint density at radius 1 is 0.966 bits per heavy atom. The van der Waals surface area contributed by atoms with Gasteiger partial charge in [-0.15, -0.1) is 0 Å². The number of hydrogen-bond acceptors (Lipinski definition) is 4. The first kappa shape index (κ1) is 18.7. The molecule has 4 rings (SSSR count). The molecule has 5 heteroatoms. The van der Waals surface area contributed by atoms with Crippen molar-refractivity contribution < 1.29 is 9.53 Å². The number of hydrogen-bond donors (Lipinski definition) is 0. The molecule has 0 radical (unpaired) electrons. The van der Waals surface area contributed by atoms with Crippen LogP contribution in [0.2, 0.25) is 0 Å². The van der Waals surface area contributed by atoms with Crippen molar-refractivity contribution in [3.63, 3.8) is 0 Å². The van der Waals surface area contributed by atoms with E-state index in [9.17, 15) is 4.79 Å². The standard InChI is InChI=1S/C24H23N3O2/c1-3-26(19-9-5-4-6-10-19)24-25-21-11-7-8-12-22(21)27(24)17-23(28)18-13-15-20(29-2)16-14-18/h4-16H,3,17H2,1-2H3. The van der Waals surface area contributed by atoms with Gasteiger partial charge in [-0.1, -0.05) is 30.3 Å². The fraction of sp³-hybridized carbons (Fsp3) is 0.167. The molecular weight excluding hydrogens is 362 g/mol. The van der Waals surface area contributed by atoms with Gasteiger partial charge in [-0.05, 0) is 55.5 Å². The summed E-state index contributed by atoms with van der Waals surface area (Å²) in [5.74, 6) is 1.53. The molecule has 1 heterocycles. The van der Waals surface area contributed by atoms with Crippen molar-refractivity contribution in [3.8, 4) is 5.75 Å². The first-order chi connectivity index (χ1) is 14.2. The van der Waals surface area contributed by atoms with E-state index in [0.717, 1.165) is 35.0 Å². The number of methoxy groups -OCH3 is 1. The number of para-hydroxylation sites is 3. The SMILES string of the molecule is CCN(c1ccccc1)c1nc2ccccc2n1CC(=O)c1ccc(OC)cc1. The number of benzene rings is 3. The first-order valence-corrected chi connectivity index (χ1v) is 9.66.